The van der Waals surface area contributed by atoms with E-state index in [0.29, 0.717) is 0 Å². The molecule has 0 aliphatic carbocycles. The molecule has 132 valence electrons. The van der Waals surface area contributed by atoms with Crippen LogP contribution in [0, 0.1) is 0 Å². The summed E-state index contributed by atoms with van der Waals surface area (Å²) in [7, 11) is 0. The van der Waals surface area contributed by atoms with Crippen molar-refractivity contribution in [2.24, 2.45) is 0 Å². The molecule has 1 aliphatic rings. The van der Waals surface area contributed by atoms with Crippen LogP contribution in [0.1, 0.15) is 0 Å². The van der Waals surface area contributed by atoms with Crippen LogP contribution in [-0.2, 0) is 11.3 Å². The zero-order chi connectivity index (χ0) is 17.3. The second-order valence-electron chi connectivity index (χ2n) is 6.98. The van der Waals surface area contributed by atoms with Crippen molar-refractivity contribution < 1.29 is 14.2 Å². The molecule has 26 heavy (non-hydrogen) atoms. The molecule has 5 nitrogen and oxygen atoms in total. The topological polar surface area (TPSA) is 37.8 Å². The lowest BCUT2D eigenvalue weighted by atomic mass is 10.2. The van der Waals surface area contributed by atoms with E-state index in [1.54, 1.807) is 4.90 Å². The van der Waals surface area contributed by atoms with E-state index >= 15 is 0 Å². The fourth-order valence-corrected chi connectivity index (χ4v) is 3.97. The van der Waals surface area contributed by atoms with Gasteiger partial charge in [0.1, 0.15) is 49.1 Å². The Hall–Kier alpha value is -2.63. The first kappa shape index (κ1) is 15.6. The highest BCUT2D eigenvalue weighted by molar-refractivity contribution is 5.76. The molecule has 0 atom stereocenters. The normalized spacial score (nSPS) is 15.8. The van der Waals surface area contributed by atoms with Gasteiger partial charge in [-0.05, 0) is 12.1 Å². The number of nitrogens with zero attached hydrogens (tertiary/aromatic N) is 2. The van der Waals surface area contributed by atoms with Crippen molar-refractivity contribution in [3.05, 3.63) is 60.8 Å². The van der Waals surface area contributed by atoms with Gasteiger partial charge in [0.25, 0.3) is 0 Å². The highest BCUT2D eigenvalue weighted by atomic mass is 16.5. The Morgan fingerprint density at radius 3 is 2.62 bits per heavy atom. The Bertz CT molecular complexity index is 1030. The summed E-state index contributed by atoms with van der Waals surface area (Å²) < 4.78 is 10.2. The molecule has 0 unspecified atom stereocenters. The number of H-pyrrole nitrogens is 1. The van der Waals surface area contributed by atoms with Crippen LogP contribution in [0.2, 0.25) is 0 Å². The first-order valence-electron chi connectivity index (χ1n) is 9.38. The fourth-order valence-electron chi connectivity index (χ4n) is 3.97. The van der Waals surface area contributed by atoms with Crippen LogP contribution in [0.15, 0.2) is 60.8 Å². The van der Waals surface area contributed by atoms with E-state index in [9.17, 15) is 0 Å². The summed E-state index contributed by atoms with van der Waals surface area (Å²) in [4.78, 5) is 5.28. The van der Waals surface area contributed by atoms with Gasteiger partial charge in [-0.1, -0.05) is 42.5 Å². The van der Waals surface area contributed by atoms with Crippen molar-refractivity contribution in [2.75, 3.05) is 32.8 Å². The summed E-state index contributed by atoms with van der Waals surface area (Å²) in [6.45, 7) is 6.10. The molecule has 0 saturated carbocycles. The van der Waals surface area contributed by atoms with E-state index in [-0.39, 0.29) is 0 Å². The third-order valence-electron chi connectivity index (χ3n) is 5.39. The molecule has 0 amide bonds. The number of hydrogen-bond acceptors (Lipinski definition) is 1. The summed E-state index contributed by atoms with van der Waals surface area (Å²) in [6.07, 6.45) is 2.21. The van der Waals surface area contributed by atoms with Gasteiger partial charge in [-0.2, -0.15) is 4.40 Å². The van der Waals surface area contributed by atoms with Crippen LogP contribution in [0.5, 0.6) is 0 Å². The maximum atomic E-state index is 5.49. The minimum absolute atomic E-state index is 0.882. The number of imidazole rings is 2. The number of rotatable bonds is 4. The molecule has 3 heterocycles. The number of nitrogens with one attached hydrogen (secondary N) is 2. The number of benzene rings is 2. The number of aromatic amines is 1. The Morgan fingerprint density at radius 1 is 1.00 bits per heavy atom. The second-order valence-corrected chi connectivity index (χ2v) is 6.98. The molecule has 1 aliphatic heterocycles. The number of morpholine rings is 1. The molecule has 0 bridgehead atoms. The highest BCUT2D eigenvalue weighted by Crippen LogP contribution is 2.21. The van der Waals surface area contributed by atoms with Gasteiger partial charge < -0.3 is 9.64 Å². The summed E-state index contributed by atoms with van der Waals surface area (Å²) in [5.74, 6) is 1.15. The van der Waals surface area contributed by atoms with Crippen LogP contribution in [0.25, 0.3) is 28.1 Å². The van der Waals surface area contributed by atoms with Crippen molar-refractivity contribution in [1.29, 1.82) is 0 Å². The standard InChI is InChI=1S/C21H22N4O/c1-2-6-17(7-3-1)18-16-25-20-9-5-4-8-19(20)24(21(25)22-18)11-10-23-12-14-26-15-13-23/h1-9,16H,10-15H2/p+2. The fraction of sp³-hybridized carbons (Fsp3) is 0.286. The highest BCUT2D eigenvalue weighted by Gasteiger charge is 2.23. The molecule has 2 aromatic heterocycles. The summed E-state index contributed by atoms with van der Waals surface area (Å²) in [6, 6.07) is 19.2. The molecule has 1 fully saturated rings. The smallest absolute Gasteiger partial charge is 0.368 e. The second kappa shape index (κ2) is 6.59. The zero-order valence-electron chi connectivity index (χ0n) is 14.8. The summed E-state index contributed by atoms with van der Waals surface area (Å²) in [5, 5.41) is 0. The van der Waals surface area contributed by atoms with Crippen LogP contribution in [-0.4, -0.2) is 42.2 Å². The first-order chi connectivity index (χ1) is 12.9. The molecule has 2 aromatic carbocycles. The summed E-state index contributed by atoms with van der Waals surface area (Å²) >= 11 is 0. The predicted octanol–water partition coefficient (Wildman–Crippen LogP) is 1.29. The van der Waals surface area contributed by atoms with E-state index in [4.69, 9.17) is 4.74 Å². The first-order valence-corrected chi connectivity index (χ1v) is 9.38. The molecule has 5 rings (SSSR count). The Labute approximate surface area is 152 Å². The maximum Gasteiger partial charge on any atom is 0.368 e. The van der Waals surface area contributed by atoms with Crippen LogP contribution in [0.4, 0.5) is 0 Å². The lowest BCUT2D eigenvalue weighted by Crippen LogP contribution is -3.14. The average molecular weight is 348 g/mol. The van der Waals surface area contributed by atoms with E-state index < -0.39 is 0 Å². The van der Waals surface area contributed by atoms with Gasteiger partial charge in [-0.3, -0.25) is 0 Å². The van der Waals surface area contributed by atoms with Gasteiger partial charge >= 0.3 is 5.78 Å². The number of aromatic nitrogens is 3. The molecule has 2 N–H and O–H groups in total. The largest absolute Gasteiger partial charge is 0.370 e. The van der Waals surface area contributed by atoms with Gasteiger partial charge in [-0.15, -0.1) is 0 Å². The number of fused-ring (bicyclic) bond motifs is 3. The van der Waals surface area contributed by atoms with E-state index in [0.717, 1.165) is 50.9 Å². The molecular weight excluding hydrogens is 324 g/mol. The van der Waals surface area contributed by atoms with Gasteiger partial charge in [0, 0.05) is 5.56 Å². The monoisotopic (exact) mass is 348 g/mol. The van der Waals surface area contributed by atoms with Crippen LogP contribution < -0.4 is 9.47 Å². The lowest BCUT2D eigenvalue weighted by Gasteiger charge is -2.23. The van der Waals surface area contributed by atoms with Gasteiger partial charge in [0.2, 0.25) is 0 Å². The van der Waals surface area contributed by atoms with Crippen molar-refractivity contribution in [2.45, 2.75) is 6.54 Å². The lowest BCUT2D eigenvalue weighted by molar-refractivity contribution is -0.923. The minimum atomic E-state index is 0.882. The molecule has 4 aromatic rings. The predicted molar refractivity (Wildman–Crippen MR) is 101 cm³/mol. The molecule has 0 radical (unpaired) electrons. The number of hydrogen-bond donors (Lipinski definition) is 2. The quantitative estimate of drug-likeness (QED) is 0.536. The average Bonchev–Trinajstić information content (AvgIpc) is 3.26. The Morgan fingerprint density at radius 2 is 1.77 bits per heavy atom. The molecule has 5 heteroatoms. The summed E-state index contributed by atoms with van der Waals surface area (Å²) in [5.41, 5.74) is 4.90. The SMILES string of the molecule is c1ccc(-c2cn3c4ccccc4[n+](CC[NH+]4CCOCC4)c3[nH]2)cc1. The van der Waals surface area contributed by atoms with E-state index in [1.165, 1.54) is 16.6 Å². The van der Waals surface area contributed by atoms with Crippen LogP contribution in [0.3, 0.4) is 0 Å². The third kappa shape index (κ3) is 2.69. The van der Waals surface area contributed by atoms with E-state index in [2.05, 4.69) is 74.7 Å². The minimum Gasteiger partial charge on any atom is -0.370 e. The number of para-hydroxylation sites is 2. The zero-order valence-corrected chi connectivity index (χ0v) is 14.8. The van der Waals surface area contributed by atoms with Crippen molar-refractivity contribution in [1.82, 2.24) is 9.38 Å². The van der Waals surface area contributed by atoms with E-state index in [1.807, 2.05) is 0 Å². The maximum absolute atomic E-state index is 5.49. The number of ether oxygens (including phenoxy) is 1. The van der Waals surface area contributed by atoms with Gasteiger partial charge in [0.05, 0.1) is 13.2 Å². The van der Waals surface area contributed by atoms with Crippen molar-refractivity contribution >= 4 is 16.8 Å². The van der Waals surface area contributed by atoms with Crippen molar-refractivity contribution in [3.8, 4) is 11.3 Å². The van der Waals surface area contributed by atoms with Gasteiger partial charge in [0.15, 0.2) is 0 Å². The van der Waals surface area contributed by atoms with Crippen molar-refractivity contribution in [3.63, 3.8) is 0 Å². The molecule has 0 spiro atoms. The molecule has 1 saturated heterocycles. The van der Waals surface area contributed by atoms with Crippen LogP contribution >= 0.6 is 0 Å². The van der Waals surface area contributed by atoms with Gasteiger partial charge in [-0.25, -0.2) is 9.55 Å². The number of quaternary nitrogens is 1. The third-order valence-corrected chi connectivity index (χ3v) is 5.39. The Balaban J connectivity index is 1.56. The molecular formula is C21H24N4O+2. The Kier molecular flexibility index (Phi) is 3.96.